The van der Waals surface area contributed by atoms with Crippen molar-refractivity contribution in [1.29, 1.82) is 0 Å². The summed E-state index contributed by atoms with van der Waals surface area (Å²) in [5.74, 6) is -0.325. The molecule has 0 aliphatic rings. The van der Waals surface area contributed by atoms with Crippen LogP contribution in [-0.2, 0) is 21.1 Å². The molecular formula is C18H22N2O3S. The number of hydrogen-bond acceptors (Lipinski definition) is 4. The summed E-state index contributed by atoms with van der Waals surface area (Å²) >= 11 is 0. The Kier molecular flexibility index (Phi) is 6.11. The van der Waals surface area contributed by atoms with Crippen LogP contribution in [0.2, 0.25) is 0 Å². The fourth-order valence-electron chi connectivity index (χ4n) is 2.31. The first-order valence-electron chi connectivity index (χ1n) is 7.91. The summed E-state index contributed by atoms with van der Waals surface area (Å²) in [5.41, 5.74) is 6.77. The minimum atomic E-state index is -3.57. The van der Waals surface area contributed by atoms with Gasteiger partial charge in [0.2, 0.25) is 15.7 Å². The molecule has 0 radical (unpaired) electrons. The molecule has 2 aromatic rings. The first kappa shape index (κ1) is 18.2. The van der Waals surface area contributed by atoms with E-state index in [0.29, 0.717) is 5.69 Å². The highest BCUT2D eigenvalue weighted by atomic mass is 32.2. The summed E-state index contributed by atoms with van der Waals surface area (Å²) in [6.07, 6.45) is 2.95. The Morgan fingerprint density at radius 3 is 2.42 bits per heavy atom. The maximum atomic E-state index is 12.7. The van der Waals surface area contributed by atoms with Crippen LogP contribution in [0.3, 0.4) is 0 Å². The van der Waals surface area contributed by atoms with Crippen LogP contribution in [0.25, 0.3) is 0 Å². The number of nitrogens with two attached hydrogens (primary N) is 1. The Balaban J connectivity index is 2.25. The van der Waals surface area contributed by atoms with Crippen LogP contribution in [0, 0.1) is 0 Å². The quantitative estimate of drug-likeness (QED) is 0.807. The molecule has 2 rings (SSSR count). The number of amides is 1. The van der Waals surface area contributed by atoms with Gasteiger partial charge in [0.05, 0.1) is 16.3 Å². The molecule has 0 aliphatic carbocycles. The molecule has 0 heterocycles. The normalized spacial score (nSPS) is 11.2. The van der Waals surface area contributed by atoms with Gasteiger partial charge in [-0.2, -0.15) is 0 Å². The summed E-state index contributed by atoms with van der Waals surface area (Å²) in [6.45, 7) is 1.98. The molecular weight excluding hydrogens is 324 g/mol. The van der Waals surface area contributed by atoms with Gasteiger partial charge >= 0.3 is 0 Å². The maximum Gasteiger partial charge on any atom is 0.238 e. The highest BCUT2D eigenvalue weighted by molar-refractivity contribution is 7.91. The Morgan fingerprint density at radius 1 is 1.08 bits per heavy atom. The standard InChI is InChI=1S/C18H22N2O3S/c1-2-3-5-14-6-4-7-17(12-14)24(22,23)16-10-8-15(9-11-16)20-18(21)13-19/h4,6-12H,2-3,5,13,19H2,1H3,(H,20,21). The number of unbranched alkanes of at least 4 members (excludes halogenated alkanes) is 1. The molecule has 0 aromatic heterocycles. The molecule has 2 aromatic carbocycles. The second kappa shape index (κ2) is 8.08. The van der Waals surface area contributed by atoms with Crippen molar-refractivity contribution in [2.24, 2.45) is 5.73 Å². The van der Waals surface area contributed by atoms with Gasteiger partial charge in [0.1, 0.15) is 0 Å². The maximum absolute atomic E-state index is 12.7. The molecule has 24 heavy (non-hydrogen) atoms. The van der Waals surface area contributed by atoms with Crippen molar-refractivity contribution in [2.45, 2.75) is 36.0 Å². The van der Waals surface area contributed by atoms with Gasteiger partial charge < -0.3 is 11.1 Å². The van der Waals surface area contributed by atoms with Gasteiger partial charge in [-0.1, -0.05) is 25.5 Å². The molecule has 1 amide bonds. The Bertz CT molecular complexity index is 799. The molecule has 5 nitrogen and oxygen atoms in total. The minimum Gasteiger partial charge on any atom is -0.325 e. The molecule has 6 heteroatoms. The molecule has 128 valence electrons. The van der Waals surface area contributed by atoms with Crippen LogP contribution < -0.4 is 11.1 Å². The van der Waals surface area contributed by atoms with Crippen molar-refractivity contribution in [3.8, 4) is 0 Å². The minimum absolute atomic E-state index is 0.120. The van der Waals surface area contributed by atoms with Gasteiger partial charge in [0.25, 0.3) is 0 Å². The van der Waals surface area contributed by atoms with E-state index in [-0.39, 0.29) is 22.2 Å². The van der Waals surface area contributed by atoms with Crippen LogP contribution >= 0.6 is 0 Å². The number of sulfone groups is 1. The van der Waals surface area contributed by atoms with Gasteiger partial charge in [0, 0.05) is 5.69 Å². The van der Waals surface area contributed by atoms with E-state index in [4.69, 9.17) is 5.73 Å². The average Bonchev–Trinajstić information content (AvgIpc) is 2.60. The molecule has 0 fully saturated rings. The van der Waals surface area contributed by atoms with E-state index in [2.05, 4.69) is 12.2 Å². The largest absolute Gasteiger partial charge is 0.325 e. The van der Waals surface area contributed by atoms with Gasteiger partial charge in [-0.05, 0) is 54.8 Å². The SMILES string of the molecule is CCCCc1cccc(S(=O)(=O)c2ccc(NC(=O)CN)cc2)c1. The van der Waals surface area contributed by atoms with Crippen LogP contribution in [0.4, 0.5) is 5.69 Å². The van der Waals surface area contributed by atoms with E-state index in [1.807, 2.05) is 6.07 Å². The zero-order chi connectivity index (χ0) is 17.6. The van der Waals surface area contributed by atoms with E-state index >= 15 is 0 Å². The van der Waals surface area contributed by atoms with Gasteiger partial charge in [0.15, 0.2) is 0 Å². The summed E-state index contributed by atoms with van der Waals surface area (Å²) in [4.78, 5) is 11.7. The van der Waals surface area contributed by atoms with Crippen LogP contribution in [0.15, 0.2) is 58.3 Å². The lowest BCUT2D eigenvalue weighted by Crippen LogP contribution is -2.21. The van der Waals surface area contributed by atoms with Crippen molar-refractivity contribution in [1.82, 2.24) is 0 Å². The van der Waals surface area contributed by atoms with Crippen molar-refractivity contribution < 1.29 is 13.2 Å². The van der Waals surface area contributed by atoms with Crippen molar-refractivity contribution in [2.75, 3.05) is 11.9 Å². The van der Waals surface area contributed by atoms with Crippen LogP contribution in [-0.4, -0.2) is 20.9 Å². The topological polar surface area (TPSA) is 89.3 Å². The smallest absolute Gasteiger partial charge is 0.238 e. The Labute approximate surface area is 142 Å². The van der Waals surface area contributed by atoms with E-state index in [1.165, 1.54) is 12.1 Å². The van der Waals surface area contributed by atoms with Gasteiger partial charge in [-0.15, -0.1) is 0 Å². The number of aryl methyl sites for hydroxylation is 1. The summed E-state index contributed by atoms with van der Waals surface area (Å²) < 4.78 is 25.5. The molecule has 0 aliphatic heterocycles. The van der Waals surface area contributed by atoms with Crippen molar-refractivity contribution in [3.63, 3.8) is 0 Å². The predicted molar refractivity (Wildman–Crippen MR) is 94.6 cm³/mol. The fourth-order valence-corrected chi connectivity index (χ4v) is 3.65. The zero-order valence-electron chi connectivity index (χ0n) is 13.7. The predicted octanol–water partition coefficient (Wildman–Crippen LogP) is 2.76. The lowest BCUT2D eigenvalue weighted by atomic mass is 10.1. The number of rotatable bonds is 7. The Morgan fingerprint density at radius 2 is 1.79 bits per heavy atom. The third kappa shape index (κ3) is 4.43. The summed E-state index contributed by atoms with van der Waals surface area (Å²) in [5, 5.41) is 2.58. The molecule has 0 bridgehead atoms. The van der Waals surface area contributed by atoms with E-state index in [9.17, 15) is 13.2 Å². The highest BCUT2D eigenvalue weighted by Crippen LogP contribution is 2.23. The second-order valence-electron chi connectivity index (χ2n) is 5.53. The number of anilines is 1. The number of nitrogens with one attached hydrogen (secondary N) is 1. The first-order valence-corrected chi connectivity index (χ1v) is 9.39. The monoisotopic (exact) mass is 346 g/mol. The molecule has 0 saturated carbocycles. The van der Waals surface area contributed by atoms with Gasteiger partial charge in [-0.25, -0.2) is 8.42 Å². The first-order chi connectivity index (χ1) is 11.5. The van der Waals surface area contributed by atoms with E-state index < -0.39 is 9.84 Å². The third-order valence-electron chi connectivity index (χ3n) is 3.66. The highest BCUT2D eigenvalue weighted by Gasteiger charge is 2.18. The van der Waals surface area contributed by atoms with Gasteiger partial charge in [-0.3, -0.25) is 4.79 Å². The average molecular weight is 346 g/mol. The number of benzene rings is 2. The lowest BCUT2D eigenvalue weighted by molar-refractivity contribution is -0.114. The number of carbonyl (C=O) groups excluding carboxylic acids is 1. The fraction of sp³-hybridized carbons (Fsp3) is 0.278. The third-order valence-corrected chi connectivity index (χ3v) is 5.43. The number of hydrogen-bond donors (Lipinski definition) is 2. The van der Waals surface area contributed by atoms with E-state index in [0.717, 1.165) is 24.8 Å². The lowest BCUT2D eigenvalue weighted by Gasteiger charge is -2.08. The molecule has 3 N–H and O–H groups in total. The molecule has 0 atom stereocenters. The zero-order valence-corrected chi connectivity index (χ0v) is 14.5. The molecule has 0 saturated heterocycles. The van der Waals surface area contributed by atoms with Crippen LogP contribution in [0.5, 0.6) is 0 Å². The summed E-state index contributed by atoms with van der Waals surface area (Å²) in [6, 6.07) is 13.1. The number of carbonyl (C=O) groups is 1. The van der Waals surface area contributed by atoms with Crippen molar-refractivity contribution >= 4 is 21.4 Å². The Hall–Kier alpha value is -2.18. The molecule has 0 unspecified atom stereocenters. The van der Waals surface area contributed by atoms with Crippen molar-refractivity contribution in [3.05, 3.63) is 54.1 Å². The second-order valence-corrected chi connectivity index (χ2v) is 7.48. The molecule has 0 spiro atoms. The summed E-state index contributed by atoms with van der Waals surface area (Å²) in [7, 11) is -3.57. The van der Waals surface area contributed by atoms with Crippen LogP contribution in [0.1, 0.15) is 25.3 Å². The van der Waals surface area contributed by atoms with E-state index in [1.54, 1.807) is 30.3 Å².